The van der Waals surface area contributed by atoms with Crippen LogP contribution >= 0.6 is 0 Å². The number of nitrogens with one attached hydrogen (secondary N) is 1. The molecule has 2 aromatic rings. The van der Waals surface area contributed by atoms with Crippen molar-refractivity contribution in [3.63, 3.8) is 0 Å². The summed E-state index contributed by atoms with van der Waals surface area (Å²) in [5.74, 6) is -0.0502. The number of hydrogen-bond acceptors (Lipinski definition) is 5. The SMILES string of the molecule is C[C@@H]1CCCN([C@@H](C)CNc2ccc3nnc(C(F)(F)F)n3n2)C1. The number of anilines is 1. The minimum atomic E-state index is -4.58. The molecule has 0 spiro atoms. The molecule has 3 rings (SSSR count). The molecule has 0 radical (unpaired) electrons. The van der Waals surface area contributed by atoms with Crippen LogP contribution in [-0.2, 0) is 6.18 Å². The van der Waals surface area contributed by atoms with Crippen molar-refractivity contribution >= 4 is 11.5 Å². The highest BCUT2D eigenvalue weighted by Crippen LogP contribution is 2.27. The van der Waals surface area contributed by atoms with Gasteiger partial charge in [-0.1, -0.05) is 6.92 Å². The first-order valence-corrected chi connectivity index (χ1v) is 8.12. The molecule has 1 saturated heterocycles. The summed E-state index contributed by atoms with van der Waals surface area (Å²) in [4.78, 5) is 2.40. The van der Waals surface area contributed by atoms with Crippen LogP contribution in [0, 0.1) is 5.92 Å². The maximum absolute atomic E-state index is 12.9. The van der Waals surface area contributed by atoms with E-state index in [9.17, 15) is 13.2 Å². The number of rotatable bonds is 4. The molecule has 9 heteroatoms. The van der Waals surface area contributed by atoms with E-state index in [4.69, 9.17) is 0 Å². The van der Waals surface area contributed by atoms with Crippen LogP contribution in [0.4, 0.5) is 19.0 Å². The number of nitrogens with zero attached hydrogens (tertiary/aromatic N) is 5. The lowest BCUT2D eigenvalue weighted by molar-refractivity contribution is -0.146. The number of alkyl halides is 3. The number of halogens is 3. The summed E-state index contributed by atoms with van der Waals surface area (Å²) in [5.41, 5.74) is 0.0748. The van der Waals surface area contributed by atoms with E-state index in [-0.39, 0.29) is 11.7 Å². The third-order valence-corrected chi connectivity index (χ3v) is 4.41. The number of fused-ring (bicyclic) bond motifs is 1. The van der Waals surface area contributed by atoms with E-state index in [1.54, 1.807) is 6.07 Å². The van der Waals surface area contributed by atoms with Gasteiger partial charge >= 0.3 is 6.18 Å². The molecule has 1 aliphatic heterocycles. The predicted octanol–water partition coefficient (Wildman–Crippen LogP) is 2.68. The van der Waals surface area contributed by atoms with Gasteiger partial charge in [0.1, 0.15) is 5.82 Å². The van der Waals surface area contributed by atoms with Gasteiger partial charge in [0.15, 0.2) is 5.65 Å². The average Bonchev–Trinajstić information content (AvgIpc) is 2.96. The molecule has 0 bridgehead atoms. The Labute approximate surface area is 138 Å². The fourth-order valence-electron chi connectivity index (χ4n) is 3.07. The normalized spacial score (nSPS) is 21.1. The van der Waals surface area contributed by atoms with Crippen LogP contribution in [-0.4, -0.2) is 50.4 Å². The molecule has 0 unspecified atom stereocenters. The zero-order valence-electron chi connectivity index (χ0n) is 13.7. The minimum Gasteiger partial charge on any atom is -0.367 e. The summed E-state index contributed by atoms with van der Waals surface area (Å²) < 4.78 is 39.4. The van der Waals surface area contributed by atoms with Gasteiger partial charge in [0.05, 0.1) is 0 Å². The molecule has 1 N–H and O–H groups in total. The lowest BCUT2D eigenvalue weighted by Crippen LogP contribution is -2.43. The molecule has 1 fully saturated rings. The van der Waals surface area contributed by atoms with Gasteiger partial charge < -0.3 is 5.32 Å². The van der Waals surface area contributed by atoms with Gasteiger partial charge in [-0.05, 0) is 44.4 Å². The van der Waals surface area contributed by atoms with Crippen LogP contribution < -0.4 is 5.32 Å². The number of likely N-dealkylation sites (tertiary alicyclic amines) is 1. The van der Waals surface area contributed by atoms with E-state index in [0.29, 0.717) is 18.3 Å². The van der Waals surface area contributed by atoms with Gasteiger partial charge in [-0.3, -0.25) is 4.90 Å². The van der Waals surface area contributed by atoms with Gasteiger partial charge in [-0.25, -0.2) is 0 Å². The predicted molar refractivity (Wildman–Crippen MR) is 83.7 cm³/mol. The number of piperidine rings is 1. The Balaban J connectivity index is 1.69. The summed E-state index contributed by atoms with van der Waals surface area (Å²) >= 11 is 0. The summed E-state index contributed by atoms with van der Waals surface area (Å²) in [6.45, 7) is 7.09. The summed E-state index contributed by atoms with van der Waals surface area (Å²) in [5, 5.41) is 13.8. The van der Waals surface area contributed by atoms with Crippen LogP contribution in [0.5, 0.6) is 0 Å². The van der Waals surface area contributed by atoms with Crippen LogP contribution in [0.15, 0.2) is 12.1 Å². The molecule has 3 heterocycles. The zero-order chi connectivity index (χ0) is 17.3. The van der Waals surface area contributed by atoms with E-state index >= 15 is 0 Å². The molecular weight excluding hydrogens is 321 g/mol. The van der Waals surface area contributed by atoms with Gasteiger partial charge in [-0.15, -0.1) is 15.3 Å². The van der Waals surface area contributed by atoms with Gasteiger partial charge in [0, 0.05) is 19.1 Å². The van der Waals surface area contributed by atoms with Crippen LogP contribution in [0.1, 0.15) is 32.5 Å². The average molecular weight is 342 g/mol. The van der Waals surface area contributed by atoms with Crippen molar-refractivity contribution in [2.45, 2.75) is 38.9 Å². The fraction of sp³-hybridized carbons (Fsp3) is 0.667. The first-order chi connectivity index (χ1) is 11.3. The Hall–Kier alpha value is -1.90. The Bertz CT molecular complexity index is 698. The molecule has 24 heavy (non-hydrogen) atoms. The smallest absolute Gasteiger partial charge is 0.367 e. The van der Waals surface area contributed by atoms with Gasteiger partial charge in [0.25, 0.3) is 5.82 Å². The second-order valence-corrected chi connectivity index (χ2v) is 6.48. The molecule has 132 valence electrons. The zero-order valence-corrected chi connectivity index (χ0v) is 13.7. The Morgan fingerprint density at radius 1 is 1.33 bits per heavy atom. The highest BCUT2D eigenvalue weighted by atomic mass is 19.4. The first kappa shape index (κ1) is 16.9. The van der Waals surface area contributed by atoms with Crippen LogP contribution in [0.2, 0.25) is 0 Å². The third-order valence-electron chi connectivity index (χ3n) is 4.41. The van der Waals surface area contributed by atoms with Gasteiger partial charge in [0.2, 0.25) is 0 Å². The third kappa shape index (κ3) is 3.61. The van der Waals surface area contributed by atoms with Crippen LogP contribution in [0.3, 0.4) is 0 Å². The molecule has 2 aromatic heterocycles. The van der Waals surface area contributed by atoms with E-state index in [0.717, 1.165) is 17.6 Å². The molecule has 1 aliphatic rings. The highest BCUT2D eigenvalue weighted by Gasteiger charge is 2.37. The number of aromatic nitrogens is 4. The standard InChI is InChI=1S/C15H21F3N6/c1-10-4-3-7-23(9-10)11(2)8-19-12-5-6-13-20-21-14(15(16,17)18)24(13)22-12/h5-6,10-11H,3-4,7-9H2,1-2H3,(H,19,22)/t10-,11+/m1/s1. The Kier molecular flexibility index (Phi) is 4.62. The quantitative estimate of drug-likeness (QED) is 0.926. The number of hydrogen-bond donors (Lipinski definition) is 1. The van der Waals surface area contributed by atoms with Crippen molar-refractivity contribution in [2.24, 2.45) is 5.92 Å². The topological polar surface area (TPSA) is 58.3 Å². The minimum absolute atomic E-state index is 0.0748. The molecule has 0 aliphatic carbocycles. The first-order valence-electron chi connectivity index (χ1n) is 8.12. The van der Waals surface area contributed by atoms with E-state index < -0.39 is 12.0 Å². The molecule has 6 nitrogen and oxygen atoms in total. The second-order valence-electron chi connectivity index (χ2n) is 6.48. The van der Waals surface area contributed by atoms with Crippen molar-refractivity contribution in [3.8, 4) is 0 Å². The summed E-state index contributed by atoms with van der Waals surface area (Å²) in [7, 11) is 0. The Morgan fingerprint density at radius 3 is 2.83 bits per heavy atom. The molecular formula is C15H21F3N6. The van der Waals surface area contributed by atoms with Crippen molar-refractivity contribution < 1.29 is 13.2 Å². The largest absolute Gasteiger partial charge is 0.453 e. The van der Waals surface area contributed by atoms with Crippen LogP contribution in [0.25, 0.3) is 5.65 Å². The van der Waals surface area contributed by atoms with Crippen molar-refractivity contribution in [3.05, 3.63) is 18.0 Å². The van der Waals surface area contributed by atoms with E-state index in [2.05, 4.69) is 39.4 Å². The molecule has 0 amide bonds. The van der Waals surface area contributed by atoms with E-state index in [1.807, 2.05) is 0 Å². The monoisotopic (exact) mass is 342 g/mol. The molecule has 2 atom stereocenters. The summed E-state index contributed by atoms with van der Waals surface area (Å²) in [6.07, 6.45) is -2.14. The second kappa shape index (κ2) is 6.54. The molecule has 0 aromatic carbocycles. The lowest BCUT2D eigenvalue weighted by Gasteiger charge is -2.35. The fourth-order valence-corrected chi connectivity index (χ4v) is 3.07. The van der Waals surface area contributed by atoms with Gasteiger partial charge in [-0.2, -0.15) is 17.7 Å². The van der Waals surface area contributed by atoms with Crippen molar-refractivity contribution in [2.75, 3.05) is 25.0 Å². The Morgan fingerprint density at radius 2 is 2.12 bits per heavy atom. The van der Waals surface area contributed by atoms with Crippen molar-refractivity contribution in [1.82, 2.24) is 24.7 Å². The molecule has 0 saturated carbocycles. The van der Waals surface area contributed by atoms with Crippen molar-refractivity contribution in [1.29, 1.82) is 0 Å². The lowest BCUT2D eigenvalue weighted by atomic mass is 9.99. The summed E-state index contributed by atoms with van der Waals surface area (Å²) in [6, 6.07) is 3.38. The highest BCUT2D eigenvalue weighted by molar-refractivity contribution is 5.44. The maximum atomic E-state index is 12.9. The van der Waals surface area contributed by atoms with E-state index in [1.165, 1.54) is 18.9 Å². The maximum Gasteiger partial charge on any atom is 0.453 e.